The molecular weight excluding hydrogens is 296 g/mol. The Morgan fingerprint density at radius 2 is 1.73 bits per heavy atom. The van der Waals surface area contributed by atoms with E-state index in [9.17, 15) is 0 Å². The molecule has 3 nitrogen and oxygen atoms in total. The molecule has 118 valence electrons. The fraction of sp³-hybridized carbons (Fsp3) is 0.611. The first-order valence-electron chi connectivity index (χ1n) is 8.36. The van der Waals surface area contributed by atoms with Crippen molar-refractivity contribution in [2.75, 3.05) is 18.0 Å². The molecule has 22 heavy (non-hydrogen) atoms. The molecule has 0 amide bonds. The Morgan fingerprint density at radius 1 is 1.05 bits per heavy atom. The minimum absolute atomic E-state index is 0.410. The molecule has 4 heteroatoms. The molecule has 1 heterocycles. The van der Waals surface area contributed by atoms with Crippen LogP contribution in [0.25, 0.3) is 0 Å². The molecule has 3 rings (SSSR count). The third kappa shape index (κ3) is 3.74. The van der Waals surface area contributed by atoms with Gasteiger partial charge in [0.05, 0.1) is 22.8 Å². The van der Waals surface area contributed by atoms with E-state index in [-0.39, 0.29) is 0 Å². The smallest absolute Gasteiger partial charge is 0.101 e. The third-order valence-electron chi connectivity index (χ3n) is 4.82. The van der Waals surface area contributed by atoms with Crippen LogP contribution in [0.5, 0.6) is 0 Å². The molecule has 1 saturated heterocycles. The molecule has 0 N–H and O–H groups in total. The lowest BCUT2D eigenvalue weighted by Gasteiger charge is -2.36. The summed E-state index contributed by atoms with van der Waals surface area (Å²) >= 11 is 6.13. The first kappa shape index (κ1) is 15.6. The highest BCUT2D eigenvalue weighted by Gasteiger charge is 2.24. The second kappa shape index (κ2) is 7.35. The number of nitriles is 1. The number of anilines is 1. The van der Waals surface area contributed by atoms with Gasteiger partial charge in [-0.15, -0.1) is 0 Å². The number of hydrogen-bond acceptors (Lipinski definition) is 3. The molecule has 2 aliphatic rings. The van der Waals surface area contributed by atoms with Gasteiger partial charge in [-0.2, -0.15) is 5.26 Å². The molecule has 1 aliphatic carbocycles. The largest absolute Gasteiger partial charge is 0.375 e. The number of benzene rings is 1. The number of rotatable bonds is 3. The summed E-state index contributed by atoms with van der Waals surface area (Å²) in [5.74, 6) is 0. The van der Waals surface area contributed by atoms with Gasteiger partial charge in [0.25, 0.3) is 0 Å². The lowest BCUT2D eigenvalue weighted by Crippen LogP contribution is -2.38. The predicted molar refractivity (Wildman–Crippen MR) is 89.4 cm³/mol. The average molecular weight is 319 g/mol. The van der Waals surface area contributed by atoms with Crippen molar-refractivity contribution in [2.45, 2.75) is 57.2 Å². The van der Waals surface area contributed by atoms with E-state index in [1.807, 2.05) is 18.2 Å². The van der Waals surface area contributed by atoms with Crippen LogP contribution in [-0.4, -0.2) is 25.3 Å². The van der Waals surface area contributed by atoms with Gasteiger partial charge in [-0.25, -0.2) is 0 Å². The summed E-state index contributed by atoms with van der Waals surface area (Å²) in [6.07, 6.45) is 9.57. The molecule has 1 saturated carbocycles. The first-order chi connectivity index (χ1) is 10.8. The number of ether oxygens (including phenoxy) is 1. The summed E-state index contributed by atoms with van der Waals surface area (Å²) in [4.78, 5) is 2.34. The number of piperidine rings is 1. The highest BCUT2D eigenvalue weighted by Crippen LogP contribution is 2.28. The van der Waals surface area contributed by atoms with E-state index in [0.717, 1.165) is 31.6 Å². The van der Waals surface area contributed by atoms with Crippen molar-refractivity contribution in [2.24, 2.45) is 0 Å². The van der Waals surface area contributed by atoms with Gasteiger partial charge in [-0.1, -0.05) is 30.9 Å². The monoisotopic (exact) mass is 318 g/mol. The van der Waals surface area contributed by atoms with E-state index in [2.05, 4.69) is 11.0 Å². The summed E-state index contributed by atoms with van der Waals surface area (Å²) < 4.78 is 6.28. The predicted octanol–water partition coefficient (Wildman–Crippen LogP) is 4.53. The van der Waals surface area contributed by atoms with E-state index >= 15 is 0 Å². The average Bonchev–Trinajstić information content (AvgIpc) is 2.56. The molecule has 0 aromatic heterocycles. The second-order valence-electron chi connectivity index (χ2n) is 6.36. The van der Waals surface area contributed by atoms with Crippen LogP contribution < -0.4 is 4.90 Å². The topological polar surface area (TPSA) is 36.3 Å². The van der Waals surface area contributed by atoms with Crippen LogP contribution in [0.15, 0.2) is 18.2 Å². The summed E-state index contributed by atoms with van der Waals surface area (Å²) in [6.45, 7) is 2.00. The maximum atomic E-state index is 8.95. The zero-order valence-electron chi connectivity index (χ0n) is 12.9. The van der Waals surface area contributed by atoms with Gasteiger partial charge in [-0.3, -0.25) is 0 Å². The van der Waals surface area contributed by atoms with Crippen molar-refractivity contribution in [3.63, 3.8) is 0 Å². The molecule has 0 unspecified atom stereocenters. The van der Waals surface area contributed by atoms with Crippen molar-refractivity contribution in [1.29, 1.82) is 5.26 Å². The van der Waals surface area contributed by atoms with E-state index in [1.54, 1.807) is 0 Å². The minimum Gasteiger partial charge on any atom is -0.375 e. The van der Waals surface area contributed by atoms with E-state index in [1.165, 1.54) is 32.1 Å². The van der Waals surface area contributed by atoms with Crippen molar-refractivity contribution in [3.8, 4) is 6.07 Å². The number of halogens is 1. The lowest BCUT2D eigenvalue weighted by atomic mass is 9.97. The molecule has 0 spiro atoms. The maximum absolute atomic E-state index is 8.95. The van der Waals surface area contributed by atoms with Crippen LogP contribution in [0.3, 0.4) is 0 Å². The Morgan fingerprint density at radius 3 is 2.36 bits per heavy atom. The molecular formula is C18H23ClN2O. The standard InChI is InChI=1S/C18H23ClN2O/c19-18-12-15(7-6-14(18)13-20)21-10-8-17(9-11-21)22-16-4-2-1-3-5-16/h6-7,12,16-17H,1-5,8-11H2. The van der Waals surface area contributed by atoms with Crippen LogP contribution in [0.4, 0.5) is 5.69 Å². The van der Waals surface area contributed by atoms with Gasteiger partial charge >= 0.3 is 0 Å². The van der Waals surface area contributed by atoms with Gasteiger partial charge in [-0.05, 0) is 43.9 Å². The SMILES string of the molecule is N#Cc1ccc(N2CCC(OC3CCCCC3)CC2)cc1Cl. The number of nitrogens with zero attached hydrogens (tertiary/aromatic N) is 2. The summed E-state index contributed by atoms with van der Waals surface area (Å²) in [5.41, 5.74) is 1.65. The molecule has 0 radical (unpaired) electrons. The highest BCUT2D eigenvalue weighted by molar-refractivity contribution is 6.32. The Bertz CT molecular complexity index is 541. The third-order valence-corrected chi connectivity index (χ3v) is 5.13. The quantitative estimate of drug-likeness (QED) is 0.821. The number of hydrogen-bond donors (Lipinski definition) is 0. The molecule has 2 fully saturated rings. The minimum atomic E-state index is 0.410. The van der Waals surface area contributed by atoms with Crippen LogP contribution >= 0.6 is 11.6 Å². The van der Waals surface area contributed by atoms with Crippen LogP contribution in [0.1, 0.15) is 50.5 Å². The van der Waals surface area contributed by atoms with Crippen molar-refractivity contribution in [3.05, 3.63) is 28.8 Å². The maximum Gasteiger partial charge on any atom is 0.101 e. The van der Waals surface area contributed by atoms with Crippen molar-refractivity contribution < 1.29 is 4.74 Å². The molecule has 1 aromatic carbocycles. The Balaban J connectivity index is 1.53. The van der Waals surface area contributed by atoms with Crippen molar-refractivity contribution in [1.82, 2.24) is 0 Å². The van der Waals surface area contributed by atoms with E-state index in [4.69, 9.17) is 21.6 Å². The first-order valence-corrected chi connectivity index (χ1v) is 8.74. The lowest BCUT2D eigenvalue weighted by molar-refractivity contribution is -0.0395. The highest BCUT2D eigenvalue weighted by atomic mass is 35.5. The van der Waals surface area contributed by atoms with Crippen molar-refractivity contribution >= 4 is 17.3 Å². The van der Waals surface area contributed by atoms with Gasteiger partial charge in [0.1, 0.15) is 6.07 Å². The Labute approximate surface area is 137 Å². The molecule has 0 atom stereocenters. The van der Waals surface area contributed by atoms with Crippen LogP contribution in [-0.2, 0) is 4.74 Å². The summed E-state index contributed by atoms with van der Waals surface area (Å²) in [5, 5.41) is 9.49. The Kier molecular flexibility index (Phi) is 5.23. The Hall–Kier alpha value is -1.24. The molecule has 0 bridgehead atoms. The fourth-order valence-electron chi connectivity index (χ4n) is 3.51. The van der Waals surface area contributed by atoms with E-state index < -0.39 is 0 Å². The van der Waals surface area contributed by atoms with Gasteiger partial charge in [0.15, 0.2) is 0 Å². The van der Waals surface area contributed by atoms with Gasteiger partial charge < -0.3 is 9.64 Å². The second-order valence-corrected chi connectivity index (χ2v) is 6.77. The summed E-state index contributed by atoms with van der Waals surface area (Å²) in [7, 11) is 0. The van der Waals surface area contributed by atoms with Crippen LogP contribution in [0, 0.1) is 11.3 Å². The normalized spacial score (nSPS) is 20.8. The van der Waals surface area contributed by atoms with Gasteiger partial charge in [0, 0.05) is 18.8 Å². The van der Waals surface area contributed by atoms with E-state index in [0.29, 0.717) is 22.8 Å². The molecule has 1 aliphatic heterocycles. The van der Waals surface area contributed by atoms with Gasteiger partial charge in [0.2, 0.25) is 0 Å². The zero-order chi connectivity index (χ0) is 15.4. The summed E-state index contributed by atoms with van der Waals surface area (Å²) in [6, 6.07) is 7.81. The fourth-order valence-corrected chi connectivity index (χ4v) is 3.73. The molecule has 1 aromatic rings. The van der Waals surface area contributed by atoms with Crippen LogP contribution in [0.2, 0.25) is 5.02 Å². The zero-order valence-corrected chi connectivity index (χ0v) is 13.7.